The zero-order valence-electron chi connectivity index (χ0n) is 15.6. The Morgan fingerprint density at radius 3 is 2.39 bits per heavy atom. The van der Waals surface area contributed by atoms with Crippen LogP contribution in [0.25, 0.3) is 0 Å². The Kier molecular flexibility index (Phi) is 8.12. The molecule has 0 heterocycles. The van der Waals surface area contributed by atoms with Gasteiger partial charge >= 0.3 is 0 Å². The van der Waals surface area contributed by atoms with Crippen molar-refractivity contribution in [3.8, 4) is 5.75 Å². The molecule has 0 bridgehead atoms. The van der Waals surface area contributed by atoms with E-state index in [1.807, 2.05) is 0 Å². The fraction of sp³-hybridized carbons (Fsp3) is 0.316. The van der Waals surface area contributed by atoms with Crippen molar-refractivity contribution in [2.45, 2.75) is 17.7 Å². The zero-order valence-corrected chi connectivity index (χ0v) is 17.9. The van der Waals surface area contributed by atoms with Crippen LogP contribution in [0.4, 0.5) is 0 Å². The molecule has 0 aliphatic heterocycles. The Labute approximate surface area is 175 Å². The van der Waals surface area contributed by atoms with Crippen molar-refractivity contribution in [1.29, 1.82) is 0 Å². The molecule has 0 spiro atoms. The van der Waals surface area contributed by atoms with Crippen LogP contribution in [0, 0.1) is 0 Å². The van der Waals surface area contributed by atoms with Gasteiger partial charge in [-0.3, -0.25) is 4.79 Å². The van der Waals surface area contributed by atoms with Gasteiger partial charge in [-0.1, -0.05) is 23.2 Å². The molecule has 0 saturated heterocycles. The minimum Gasteiger partial charge on any atom is -0.494 e. The summed E-state index contributed by atoms with van der Waals surface area (Å²) < 4.78 is 31.1. The number of carbonyl (C=O) groups excluding carboxylic acids is 1. The summed E-state index contributed by atoms with van der Waals surface area (Å²) in [6.45, 7) is 0.929. The highest BCUT2D eigenvalue weighted by atomic mass is 35.5. The lowest BCUT2D eigenvalue weighted by Gasteiger charge is -2.13. The Balaban J connectivity index is 1.83. The van der Waals surface area contributed by atoms with Gasteiger partial charge in [0.15, 0.2) is 0 Å². The Morgan fingerprint density at radius 1 is 1.07 bits per heavy atom. The molecule has 0 saturated carbocycles. The van der Waals surface area contributed by atoms with Gasteiger partial charge in [0.25, 0.3) is 5.91 Å². The lowest BCUT2D eigenvalue weighted by molar-refractivity contribution is 0.0952. The van der Waals surface area contributed by atoms with E-state index in [0.717, 1.165) is 16.5 Å². The van der Waals surface area contributed by atoms with E-state index >= 15 is 0 Å². The van der Waals surface area contributed by atoms with Crippen LogP contribution in [0.2, 0.25) is 10.0 Å². The molecule has 0 aromatic heterocycles. The van der Waals surface area contributed by atoms with Gasteiger partial charge in [0, 0.05) is 25.7 Å². The third kappa shape index (κ3) is 6.10. The summed E-state index contributed by atoms with van der Waals surface area (Å²) in [5, 5.41) is 3.59. The molecule has 152 valence electrons. The molecule has 0 radical (unpaired) electrons. The van der Waals surface area contributed by atoms with E-state index in [-0.39, 0.29) is 15.5 Å². The molecule has 0 aliphatic rings. The number of benzene rings is 2. The van der Waals surface area contributed by atoms with Crippen LogP contribution >= 0.6 is 23.2 Å². The first-order valence-electron chi connectivity index (χ1n) is 8.60. The fourth-order valence-electron chi connectivity index (χ4n) is 2.29. The molecule has 2 aromatic rings. The first kappa shape index (κ1) is 22.5. The van der Waals surface area contributed by atoms with Crippen molar-refractivity contribution in [1.82, 2.24) is 9.62 Å². The first-order valence-corrected chi connectivity index (χ1v) is 10.8. The number of rotatable bonds is 9. The number of amides is 1. The van der Waals surface area contributed by atoms with Gasteiger partial charge in [-0.05, 0) is 55.3 Å². The van der Waals surface area contributed by atoms with Gasteiger partial charge in [-0.15, -0.1) is 0 Å². The Hall–Kier alpha value is -1.80. The van der Waals surface area contributed by atoms with Gasteiger partial charge in [-0.25, -0.2) is 12.7 Å². The molecule has 1 amide bonds. The third-order valence-electron chi connectivity index (χ3n) is 3.90. The van der Waals surface area contributed by atoms with E-state index in [4.69, 9.17) is 27.9 Å². The average Bonchev–Trinajstić information content (AvgIpc) is 2.65. The number of nitrogens with one attached hydrogen (secondary N) is 1. The van der Waals surface area contributed by atoms with Gasteiger partial charge in [-0.2, -0.15) is 0 Å². The molecule has 0 unspecified atom stereocenters. The number of nitrogens with zero attached hydrogens (tertiary/aromatic N) is 1. The van der Waals surface area contributed by atoms with Crippen LogP contribution in [0.15, 0.2) is 47.4 Å². The van der Waals surface area contributed by atoms with E-state index in [2.05, 4.69) is 5.32 Å². The molecular formula is C19H22Cl2N2O4S. The highest BCUT2D eigenvalue weighted by molar-refractivity contribution is 7.89. The second-order valence-corrected chi connectivity index (χ2v) is 9.19. The summed E-state index contributed by atoms with van der Waals surface area (Å²) in [6, 6.07) is 11.2. The maximum Gasteiger partial charge on any atom is 0.252 e. The minimum absolute atomic E-state index is 0.0171. The topological polar surface area (TPSA) is 75.7 Å². The summed E-state index contributed by atoms with van der Waals surface area (Å²) in [5.74, 6) is 0.318. The minimum atomic E-state index is -3.64. The predicted molar refractivity (Wildman–Crippen MR) is 111 cm³/mol. The van der Waals surface area contributed by atoms with Crippen molar-refractivity contribution in [2.75, 3.05) is 27.2 Å². The molecule has 9 heteroatoms. The number of hydrogen-bond acceptors (Lipinski definition) is 4. The van der Waals surface area contributed by atoms with Gasteiger partial charge in [0.05, 0.1) is 22.1 Å². The highest BCUT2D eigenvalue weighted by Crippen LogP contribution is 2.22. The molecule has 0 fully saturated rings. The van der Waals surface area contributed by atoms with Crippen LogP contribution in [0.5, 0.6) is 5.75 Å². The van der Waals surface area contributed by atoms with Gasteiger partial charge in [0.1, 0.15) is 5.75 Å². The third-order valence-corrected chi connectivity index (χ3v) is 6.29. The molecule has 1 N–H and O–H groups in total. The lowest BCUT2D eigenvalue weighted by atomic mass is 10.2. The quantitative estimate of drug-likeness (QED) is 0.596. The molecule has 0 atom stereocenters. The van der Waals surface area contributed by atoms with Crippen molar-refractivity contribution >= 4 is 39.1 Å². The number of carbonyl (C=O) groups is 1. The monoisotopic (exact) mass is 444 g/mol. The van der Waals surface area contributed by atoms with E-state index in [1.54, 1.807) is 24.3 Å². The normalized spacial score (nSPS) is 11.5. The smallest absolute Gasteiger partial charge is 0.252 e. The number of halogens is 2. The van der Waals surface area contributed by atoms with Crippen molar-refractivity contribution < 1.29 is 17.9 Å². The SMILES string of the molecule is CN(C)S(=O)(=O)c1ccc(Cl)c(C(=O)NCCCCOc2ccc(Cl)cc2)c1. The Morgan fingerprint density at radius 2 is 1.75 bits per heavy atom. The predicted octanol–water partition coefficient (Wildman–Crippen LogP) is 3.83. The van der Waals surface area contributed by atoms with E-state index in [9.17, 15) is 13.2 Å². The number of unbranched alkanes of at least 4 members (excludes halogenated alkanes) is 1. The average molecular weight is 445 g/mol. The molecule has 2 rings (SSSR count). The number of sulfonamides is 1. The maximum absolute atomic E-state index is 12.4. The van der Waals surface area contributed by atoms with Gasteiger partial charge < -0.3 is 10.1 Å². The molecule has 28 heavy (non-hydrogen) atoms. The van der Waals surface area contributed by atoms with Crippen LogP contribution in [-0.4, -0.2) is 45.9 Å². The summed E-state index contributed by atoms with van der Waals surface area (Å²) in [7, 11) is -0.789. The maximum atomic E-state index is 12.4. The number of ether oxygens (including phenoxy) is 1. The summed E-state index contributed by atoms with van der Waals surface area (Å²) in [4.78, 5) is 12.4. The number of hydrogen-bond donors (Lipinski definition) is 1. The second kappa shape index (κ2) is 10.1. The molecule has 6 nitrogen and oxygen atoms in total. The van der Waals surface area contributed by atoms with Crippen molar-refractivity contribution in [3.63, 3.8) is 0 Å². The van der Waals surface area contributed by atoms with E-state index in [0.29, 0.717) is 24.6 Å². The summed E-state index contributed by atoms with van der Waals surface area (Å²) in [5.41, 5.74) is 0.127. The summed E-state index contributed by atoms with van der Waals surface area (Å²) >= 11 is 11.9. The second-order valence-electron chi connectivity index (χ2n) is 6.19. The van der Waals surface area contributed by atoms with Crippen LogP contribution in [0.3, 0.4) is 0 Å². The highest BCUT2D eigenvalue weighted by Gasteiger charge is 2.20. The van der Waals surface area contributed by atoms with E-state index in [1.165, 1.54) is 32.3 Å². The van der Waals surface area contributed by atoms with E-state index < -0.39 is 15.9 Å². The molecule has 2 aromatic carbocycles. The summed E-state index contributed by atoms with van der Waals surface area (Å²) in [6.07, 6.45) is 1.44. The molecular weight excluding hydrogens is 423 g/mol. The first-order chi connectivity index (χ1) is 13.2. The zero-order chi connectivity index (χ0) is 20.7. The standard InChI is InChI=1S/C19H22Cl2N2O4S/c1-23(2)28(25,26)16-9-10-18(21)17(13-16)19(24)22-11-3-4-12-27-15-7-5-14(20)6-8-15/h5-10,13H,3-4,11-12H2,1-2H3,(H,22,24). The van der Waals surface area contributed by atoms with Gasteiger partial charge in [0.2, 0.25) is 10.0 Å². The lowest BCUT2D eigenvalue weighted by Crippen LogP contribution is -2.26. The largest absolute Gasteiger partial charge is 0.494 e. The molecule has 0 aliphatic carbocycles. The van der Waals surface area contributed by atoms with Crippen LogP contribution in [-0.2, 0) is 10.0 Å². The fourth-order valence-corrected chi connectivity index (χ4v) is 3.55. The van der Waals surface area contributed by atoms with Crippen molar-refractivity contribution in [2.24, 2.45) is 0 Å². The van der Waals surface area contributed by atoms with Crippen molar-refractivity contribution in [3.05, 3.63) is 58.1 Å². The Bertz CT molecular complexity index is 916. The van der Waals surface area contributed by atoms with Crippen LogP contribution < -0.4 is 10.1 Å². The van der Waals surface area contributed by atoms with Crippen LogP contribution in [0.1, 0.15) is 23.2 Å².